The monoisotopic (exact) mass is 141 g/mol. The van der Waals surface area contributed by atoms with E-state index in [1.54, 1.807) is 0 Å². The van der Waals surface area contributed by atoms with Crippen LogP contribution in [-0.4, -0.2) is 10.9 Å². The third-order valence-electron chi connectivity index (χ3n) is 0.365. The van der Waals surface area contributed by atoms with Gasteiger partial charge in [-0.2, -0.15) is 0 Å². The lowest BCUT2D eigenvalue weighted by Crippen LogP contribution is -2.13. The first-order valence-electron chi connectivity index (χ1n) is 2.04. The summed E-state index contributed by atoms with van der Waals surface area (Å²) in [4.78, 5) is 8.44. The normalized spacial score (nSPS) is 15.0. The molecule has 4 heteroatoms. The van der Waals surface area contributed by atoms with E-state index in [0.29, 0.717) is 0 Å². The van der Waals surface area contributed by atoms with Gasteiger partial charge >= 0.3 is 0 Å². The number of nitrogens with one attached hydrogen (secondary N) is 1. The van der Waals surface area contributed by atoms with E-state index in [1.165, 1.54) is 0 Å². The van der Waals surface area contributed by atoms with Crippen molar-refractivity contribution in [1.82, 2.24) is 5.09 Å². The molecule has 0 aliphatic heterocycles. The van der Waals surface area contributed by atoms with E-state index in [2.05, 4.69) is 5.09 Å². The zero-order valence-electron chi connectivity index (χ0n) is 4.35. The smallest absolute Gasteiger partial charge is 0.201 e. The van der Waals surface area contributed by atoms with Crippen LogP contribution in [0.1, 0.15) is 13.8 Å². The van der Waals surface area contributed by atoms with E-state index in [-0.39, 0.29) is 6.04 Å². The molecule has 2 nitrogen and oxygen atoms in total. The standard InChI is InChI=1S/C3H9ClNOP/c1-3(2)5-7(4)6/h3,5-6H,1-2H3. The van der Waals surface area contributed by atoms with Crippen molar-refractivity contribution in [2.75, 3.05) is 0 Å². The fourth-order valence-corrected chi connectivity index (χ4v) is 1.22. The number of rotatable bonds is 2. The Labute approximate surface area is 49.6 Å². The predicted molar refractivity (Wildman–Crippen MR) is 33.3 cm³/mol. The van der Waals surface area contributed by atoms with Crippen molar-refractivity contribution in [3.8, 4) is 0 Å². The van der Waals surface area contributed by atoms with Gasteiger partial charge in [0.05, 0.1) is 0 Å². The molecule has 2 N–H and O–H groups in total. The topological polar surface area (TPSA) is 32.3 Å². The van der Waals surface area contributed by atoms with Crippen molar-refractivity contribution in [2.45, 2.75) is 19.9 Å². The van der Waals surface area contributed by atoms with Crippen LogP contribution >= 0.6 is 18.9 Å². The SMILES string of the molecule is CC(C)NP(O)Cl. The lowest BCUT2D eigenvalue weighted by atomic mass is 10.4. The van der Waals surface area contributed by atoms with Gasteiger partial charge in [-0.3, -0.25) is 5.09 Å². The maximum absolute atomic E-state index is 8.44. The highest BCUT2D eigenvalue weighted by molar-refractivity contribution is 7.77. The van der Waals surface area contributed by atoms with Gasteiger partial charge in [0.1, 0.15) is 0 Å². The average molecular weight is 142 g/mol. The van der Waals surface area contributed by atoms with Crippen molar-refractivity contribution in [3.63, 3.8) is 0 Å². The molecule has 1 unspecified atom stereocenters. The molecular formula is C3H9ClNOP. The fourth-order valence-electron chi connectivity index (χ4n) is 0.213. The summed E-state index contributed by atoms with van der Waals surface area (Å²) in [6, 6.07) is 0.272. The molecule has 0 aromatic carbocycles. The Morgan fingerprint density at radius 2 is 2.14 bits per heavy atom. The summed E-state index contributed by atoms with van der Waals surface area (Å²) in [5, 5.41) is 2.69. The maximum Gasteiger partial charge on any atom is 0.201 e. The number of hydrogen-bond donors (Lipinski definition) is 2. The number of halogens is 1. The Morgan fingerprint density at radius 3 is 2.14 bits per heavy atom. The second-order valence-corrected chi connectivity index (χ2v) is 3.28. The molecule has 0 heterocycles. The highest BCUT2D eigenvalue weighted by Gasteiger charge is 1.97. The zero-order chi connectivity index (χ0) is 5.86. The summed E-state index contributed by atoms with van der Waals surface area (Å²) in [6.45, 7) is 3.85. The zero-order valence-corrected chi connectivity index (χ0v) is 6.00. The van der Waals surface area contributed by atoms with Crippen LogP contribution in [-0.2, 0) is 0 Å². The molecule has 0 spiro atoms. The lowest BCUT2D eigenvalue weighted by Gasteiger charge is -2.05. The van der Waals surface area contributed by atoms with Crippen LogP contribution in [0.4, 0.5) is 0 Å². The first-order chi connectivity index (χ1) is 3.13. The van der Waals surface area contributed by atoms with Gasteiger partial charge in [-0.25, -0.2) is 0 Å². The van der Waals surface area contributed by atoms with E-state index in [0.717, 1.165) is 0 Å². The van der Waals surface area contributed by atoms with Gasteiger partial charge in [0.2, 0.25) is 7.65 Å². The summed E-state index contributed by atoms with van der Waals surface area (Å²) in [5.74, 6) is 0. The third kappa shape index (κ3) is 6.64. The molecule has 0 fully saturated rings. The Balaban J connectivity index is 2.95. The average Bonchev–Trinajstić information content (AvgIpc) is 1.27. The van der Waals surface area contributed by atoms with Gasteiger partial charge < -0.3 is 4.89 Å². The molecule has 1 atom stereocenters. The third-order valence-corrected chi connectivity index (χ3v) is 1.39. The Hall–Kier alpha value is 0.640. The van der Waals surface area contributed by atoms with Crippen molar-refractivity contribution in [1.29, 1.82) is 0 Å². The van der Waals surface area contributed by atoms with E-state index in [1.807, 2.05) is 13.8 Å². The summed E-state index contributed by atoms with van der Waals surface area (Å²) in [5.41, 5.74) is 0. The van der Waals surface area contributed by atoms with Gasteiger partial charge in [0.15, 0.2) is 0 Å². The van der Waals surface area contributed by atoms with Crippen LogP contribution in [0.15, 0.2) is 0 Å². The van der Waals surface area contributed by atoms with Gasteiger partial charge in [-0.05, 0) is 25.1 Å². The highest BCUT2D eigenvalue weighted by Crippen LogP contribution is 2.30. The fraction of sp³-hybridized carbons (Fsp3) is 1.00. The van der Waals surface area contributed by atoms with Crippen LogP contribution in [0.25, 0.3) is 0 Å². The second-order valence-electron chi connectivity index (χ2n) is 1.54. The second kappa shape index (κ2) is 3.62. The van der Waals surface area contributed by atoms with E-state index in [4.69, 9.17) is 16.1 Å². The minimum absolute atomic E-state index is 0.272. The van der Waals surface area contributed by atoms with Crippen molar-refractivity contribution in [3.05, 3.63) is 0 Å². The molecule has 0 saturated heterocycles. The first kappa shape index (κ1) is 7.64. The largest absolute Gasteiger partial charge is 0.347 e. The summed E-state index contributed by atoms with van der Waals surface area (Å²) >= 11 is 5.18. The molecule has 0 aromatic rings. The minimum Gasteiger partial charge on any atom is -0.347 e. The van der Waals surface area contributed by atoms with Crippen molar-refractivity contribution in [2.24, 2.45) is 0 Å². The van der Waals surface area contributed by atoms with Gasteiger partial charge in [-0.1, -0.05) is 0 Å². The molecule has 0 aromatic heterocycles. The first-order valence-corrected chi connectivity index (χ1v) is 4.24. The highest BCUT2D eigenvalue weighted by atomic mass is 35.7. The minimum atomic E-state index is -1.42. The maximum atomic E-state index is 8.44. The van der Waals surface area contributed by atoms with Gasteiger partial charge in [-0.15, -0.1) is 0 Å². The molecule has 0 aliphatic carbocycles. The summed E-state index contributed by atoms with van der Waals surface area (Å²) in [7, 11) is -1.42. The van der Waals surface area contributed by atoms with Crippen LogP contribution < -0.4 is 5.09 Å². The molecule has 0 bridgehead atoms. The van der Waals surface area contributed by atoms with Crippen LogP contribution in [0.3, 0.4) is 0 Å². The van der Waals surface area contributed by atoms with Gasteiger partial charge in [0, 0.05) is 6.04 Å². The molecular weight excluding hydrogens is 132 g/mol. The van der Waals surface area contributed by atoms with Gasteiger partial charge in [0.25, 0.3) is 0 Å². The molecule has 0 amide bonds. The Morgan fingerprint density at radius 1 is 1.71 bits per heavy atom. The molecule has 0 radical (unpaired) electrons. The predicted octanol–water partition coefficient (Wildman–Crippen LogP) is 1.44. The van der Waals surface area contributed by atoms with E-state index in [9.17, 15) is 0 Å². The Bertz CT molecular complexity index is 44.2. The quantitative estimate of drug-likeness (QED) is 0.571. The van der Waals surface area contributed by atoms with Crippen molar-refractivity contribution >= 4 is 18.9 Å². The summed E-state index contributed by atoms with van der Waals surface area (Å²) < 4.78 is 0. The van der Waals surface area contributed by atoms with Crippen molar-refractivity contribution < 1.29 is 4.89 Å². The van der Waals surface area contributed by atoms with Crippen LogP contribution in [0, 0.1) is 0 Å². The molecule has 0 rings (SSSR count). The van der Waals surface area contributed by atoms with Crippen LogP contribution in [0.5, 0.6) is 0 Å². The Kier molecular flexibility index (Phi) is 3.95. The number of hydrogen-bond acceptors (Lipinski definition) is 2. The van der Waals surface area contributed by atoms with Crippen LogP contribution in [0.2, 0.25) is 0 Å². The molecule has 7 heavy (non-hydrogen) atoms. The summed E-state index contributed by atoms with van der Waals surface area (Å²) in [6.07, 6.45) is 0. The lowest BCUT2D eigenvalue weighted by molar-refractivity contribution is 0.605. The molecule has 0 saturated carbocycles. The molecule has 44 valence electrons. The van der Waals surface area contributed by atoms with E-state index >= 15 is 0 Å². The molecule has 0 aliphatic rings. The van der Waals surface area contributed by atoms with E-state index < -0.39 is 7.65 Å².